The Labute approximate surface area is 168 Å². The molecule has 2 N–H and O–H groups in total. The number of urea groups is 1. The van der Waals surface area contributed by atoms with Gasteiger partial charge in [-0.15, -0.1) is 0 Å². The van der Waals surface area contributed by atoms with E-state index in [1.54, 1.807) is 36.5 Å². The number of aryl methyl sites for hydroxylation is 1. The Morgan fingerprint density at radius 3 is 2.45 bits per heavy atom. The zero-order chi connectivity index (χ0) is 21.2. The molecular weight excluding hydrogens is 377 g/mol. The Morgan fingerprint density at radius 2 is 1.83 bits per heavy atom. The van der Waals surface area contributed by atoms with Crippen molar-refractivity contribution in [2.45, 2.75) is 13.5 Å². The topological polar surface area (TPSA) is 94.6 Å². The largest absolute Gasteiger partial charge is 0.373 e. The van der Waals surface area contributed by atoms with Crippen molar-refractivity contribution in [3.8, 4) is 0 Å². The molecule has 29 heavy (non-hydrogen) atoms. The fraction of sp³-hybridized carbons (Fsp3) is 0.350. The van der Waals surface area contributed by atoms with E-state index in [0.29, 0.717) is 17.8 Å². The van der Waals surface area contributed by atoms with Gasteiger partial charge in [0.15, 0.2) is 5.82 Å². The minimum atomic E-state index is -0.494. The maximum atomic E-state index is 14.8. The first-order valence-electron chi connectivity index (χ1n) is 9.11. The second-order valence-electron chi connectivity index (χ2n) is 6.71. The van der Waals surface area contributed by atoms with Crippen molar-refractivity contribution in [3.05, 3.63) is 53.6 Å². The molecule has 0 aliphatic carbocycles. The normalized spacial score (nSPS) is 14.3. The summed E-state index contributed by atoms with van der Waals surface area (Å²) >= 11 is 0. The van der Waals surface area contributed by atoms with Crippen LogP contribution in [0, 0.1) is 12.7 Å². The predicted octanol–water partition coefficient (Wildman–Crippen LogP) is 2.34. The standard InChI is InChI=1S/C19H24FN5O.CO2/c1-14-6-7-16(12-21-14)22-19(26)23-17-5-3-4-15(18(17)20)13-25-10-8-24(2)9-11-25;2-1-3/h3-7,12H,8-11,13H2,1-2H3,(H2,22,23,26);. The lowest BCUT2D eigenvalue weighted by Gasteiger charge is -2.32. The average Bonchev–Trinajstić information content (AvgIpc) is 2.69. The van der Waals surface area contributed by atoms with Crippen LogP contribution in [0.15, 0.2) is 36.5 Å². The van der Waals surface area contributed by atoms with Crippen LogP contribution in [0.25, 0.3) is 0 Å². The lowest BCUT2D eigenvalue weighted by molar-refractivity contribution is -0.191. The number of benzene rings is 1. The maximum absolute atomic E-state index is 14.8. The van der Waals surface area contributed by atoms with Gasteiger partial charge in [-0.3, -0.25) is 9.88 Å². The van der Waals surface area contributed by atoms with E-state index in [0.717, 1.165) is 31.9 Å². The highest BCUT2D eigenvalue weighted by Crippen LogP contribution is 2.20. The first-order chi connectivity index (χ1) is 13.9. The number of pyridine rings is 1. The van der Waals surface area contributed by atoms with Crippen LogP contribution in [-0.2, 0) is 16.1 Å². The molecule has 1 aromatic heterocycles. The van der Waals surface area contributed by atoms with Gasteiger partial charge in [-0.1, -0.05) is 12.1 Å². The van der Waals surface area contributed by atoms with Gasteiger partial charge in [0.2, 0.25) is 0 Å². The Balaban J connectivity index is 0.000000941. The van der Waals surface area contributed by atoms with Gasteiger partial charge in [0, 0.05) is 44.0 Å². The third-order valence-corrected chi connectivity index (χ3v) is 4.49. The number of carbonyl (C=O) groups is 1. The Kier molecular flexibility index (Phi) is 8.42. The summed E-state index contributed by atoms with van der Waals surface area (Å²) in [5.74, 6) is -0.386. The molecule has 1 aliphatic rings. The molecule has 1 aliphatic heterocycles. The van der Waals surface area contributed by atoms with Gasteiger partial charge in [-0.2, -0.15) is 9.59 Å². The number of nitrogens with one attached hydrogen (secondary N) is 2. The molecule has 2 aromatic rings. The fourth-order valence-corrected chi connectivity index (χ4v) is 2.87. The van der Waals surface area contributed by atoms with Gasteiger partial charge >= 0.3 is 12.2 Å². The Hall–Kier alpha value is -3.13. The molecule has 0 saturated carbocycles. The van der Waals surface area contributed by atoms with Gasteiger partial charge in [0.25, 0.3) is 0 Å². The minimum absolute atomic E-state index is 0.175. The quantitative estimate of drug-likeness (QED) is 0.817. The molecular formula is C20H24FN5O3. The first-order valence-corrected chi connectivity index (χ1v) is 9.11. The van der Waals surface area contributed by atoms with E-state index < -0.39 is 6.03 Å². The number of piperazine rings is 1. The highest BCUT2D eigenvalue weighted by atomic mass is 19.1. The van der Waals surface area contributed by atoms with E-state index in [4.69, 9.17) is 9.59 Å². The van der Waals surface area contributed by atoms with Crippen LogP contribution in [0.2, 0.25) is 0 Å². The molecule has 0 unspecified atom stereocenters. The van der Waals surface area contributed by atoms with E-state index in [-0.39, 0.29) is 17.7 Å². The lowest BCUT2D eigenvalue weighted by Crippen LogP contribution is -2.44. The summed E-state index contributed by atoms with van der Waals surface area (Å²) in [6, 6.07) is 8.15. The summed E-state index contributed by atoms with van der Waals surface area (Å²) in [5, 5.41) is 5.23. The highest BCUT2D eigenvalue weighted by Gasteiger charge is 2.17. The van der Waals surface area contributed by atoms with E-state index in [1.165, 1.54) is 0 Å². The van der Waals surface area contributed by atoms with Crippen LogP contribution in [0.4, 0.5) is 20.6 Å². The van der Waals surface area contributed by atoms with E-state index in [9.17, 15) is 9.18 Å². The van der Waals surface area contributed by atoms with Crippen LogP contribution in [0.5, 0.6) is 0 Å². The number of amides is 2. The van der Waals surface area contributed by atoms with Gasteiger partial charge < -0.3 is 15.5 Å². The molecule has 1 fully saturated rings. The van der Waals surface area contributed by atoms with Crippen LogP contribution >= 0.6 is 0 Å². The third-order valence-electron chi connectivity index (χ3n) is 4.49. The van der Waals surface area contributed by atoms with Gasteiger partial charge in [-0.25, -0.2) is 9.18 Å². The molecule has 8 nitrogen and oxygen atoms in total. The smallest absolute Gasteiger partial charge is 0.306 e. The maximum Gasteiger partial charge on any atom is 0.373 e. The number of halogens is 1. The third kappa shape index (κ3) is 7.08. The van der Waals surface area contributed by atoms with E-state index in [1.807, 2.05) is 6.92 Å². The molecule has 2 heterocycles. The van der Waals surface area contributed by atoms with Crippen molar-refractivity contribution in [1.82, 2.24) is 14.8 Å². The van der Waals surface area contributed by atoms with Gasteiger partial charge in [0.05, 0.1) is 17.6 Å². The van der Waals surface area contributed by atoms with Crippen molar-refractivity contribution in [1.29, 1.82) is 0 Å². The number of aromatic nitrogens is 1. The molecule has 2 amide bonds. The van der Waals surface area contributed by atoms with E-state index >= 15 is 0 Å². The Morgan fingerprint density at radius 1 is 1.14 bits per heavy atom. The fourth-order valence-electron chi connectivity index (χ4n) is 2.87. The zero-order valence-corrected chi connectivity index (χ0v) is 16.4. The molecule has 0 bridgehead atoms. The van der Waals surface area contributed by atoms with Crippen molar-refractivity contribution in [2.24, 2.45) is 0 Å². The molecule has 1 saturated heterocycles. The number of nitrogens with zero attached hydrogens (tertiary/aromatic N) is 3. The molecule has 0 spiro atoms. The number of hydrogen-bond donors (Lipinski definition) is 2. The highest BCUT2D eigenvalue weighted by molar-refractivity contribution is 5.99. The number of likely N-dealkylation sites (N-methyl/N-ethyl adjacent to an activating group) is 1. The van der Waals surface area contributed by atoms with Gasteiger partial charge in [0.1, 0.15) is 0 Å². The lowest BCUT2D eigenvalue weighted by atomic mass is 10.1. The predicted molar refractivity (Wildman–Crippen MR) is 106 cm³/mol. The number of rotatable bonds is 4. The SMILES string of the molecule is Cc1ccc(NC(=O)Nc2cccc(CN3CCN(C)CC3)c2F)cn1.O=C=O. The first kappa shape index (κ1) is 22.2. The summed E-state index contributed by atoms with van der Waals surface area (Å²) in [5.41, 5.74) is 2.18. The number of anilines is 2. The van der Waals surface area contributed by atoms with Crippen molar-refractivity contribution >= 4 is 23.6 Å². The summed E-state index contributed by atoms with van der Waals surface area (Å²) in [6.45, 7) is 6.19. The molecule has 3 rings (SSSR count). The van der Waals surface area contributed by atoms with Crippen LogP contribution in [0.1, 0.15) is 11.3 Å². The summed E-state index contributed by atoms with van der Waals surface area (Å²) in [4.78, 5) is 37.0. The summed E-state index contributed by atoms with van der Waals surface area (Å²) in [6.07, 6.45) is 1.81. The number of carbonyl (C=O) groups excluding carboxylic acids is 3. The van der Waals surface area contributed by atoms with Crippen molar-refractivity contribution < 1.29 is 18.8 Å². The monoisotopic (exact) mass is 401 g/mol. The summed E-state index contributed by atoms with van der Waals surface area (Å²) < 4.78 is 14.8. The van der Waals surface area contributed by atoms with Crippen molar-refractivity contribution in [3.63, 3.8) is 0 Å². The molecule has 0 atom stereocenters. The van der Waals surface area contributed by atoms with Crippen LogP contribution in [-0.4, -0.2) is 60.2 Å². The van der Waals surface area contributed by atoms with Crippen molar-refractivity contribution in [2.75, 3.05) is 43.9 Å². The summed E-state index contributed by atoms with van der Waals surface area (Å²) in [7, 11) is 2.09. The molecule has 9 heteroatoms. The molecule has 0 radical (unpaired) electrons. The second-order valence-corrected chi connectivity index (χ2v) is 6.71. The molecule has 154 valence electrons. The minimum Gasteiger partial charge on any atom is -0.306 e. The number of hydrogen-bond acceptors (Lipinski definition) is 6. The second kappa shape index (κ2) is 11.0. The van der Waals surface area contributed by atoms with Gasteiger partial charge in [-0.05, 0) is 32.2 Å². The van der Waals surface area contributed by atoms with E-state index in [2.05, 4.69) is 32.5 Å². The Bertz CT molecular complexity index is 846. The molecule has 1 aromatic carbocycles. The average molecular weight is 401 g/mol. The zero-order valence-electron chi connectivity index (χ0n) is 16.4. The van der Waals surface area contributed by atoms with Crippen LogP contribution < -0.4 is 10.6 Å². The van der Waals surface area contributed by atoms with Crippen LogP contribution in [0.3, 0.4) is 0 Å².